The third-order valence-corrected chi connectivity index (χ3v) is 2.97. The lowest BCUT2D eigenvalue weighted by Crippen LogP contribution is -2.21. The lowest BCUT2D eigenvalue weighted by atomic mass is 10.2. The molecule has 1 aromatic carbocycles. The van der Waals surface area contributed by atoms with Crippen molar-refractivity contribution in [2.24, 2.45) is 5.10 Å². The Balaban J connectivity index is 1.90. The van der Waals surface area contributed by atoms with Gasteiger partial charge >= 0.3 is 0 Å². The van der Waals surface area contributed by atoms with Gasteiger partial charge in [-0.05, 0) is 49.0 Å². The quantitative estimate of drug-likeness (QED) is 0.424. The van der Waals surface area contributed by atoms with Crippen molar-refractivity contribution in [2.45, 2.75) is 13.3 Å². The van der Waals surface area contributed by atoms with Gasteiger partial charge in [0.05, 0.1) is 19.2 Å². The molecule has 23 heavy (non-hydrogen) atoms. The summed E-state index contributed by atoms with van der Waals surface area (Å²) in [5.41, 5.74) is 3.29. The number of ether oxygens (including phenoxy) is 1. The molecule has 7 nitrogen and oxygen atoms in total. The number of carbonyl (C=O) groups excluding carboxylic acids is 1. The molecular weight excluding hydrogens is 316 g/mol. The Morgan fingerprint density at radius 2 is 2.09 bits per heavy atom. The third-order valence-electron chi connectivity index (χ3n) is 2.76. The van der Waals surface area contributed by atoms with Gasteiger partial charge in [0, 0.05) is 11.8 Å². The first-order valence-corrected chi connectivity index (χ1v) is 7.35. The molecule has 0 aliphatic carbocycles. The van der Waals surface area contributed by atoms with Crippen LogP contribution in [0.2, 0.25) is 0 Å². The third kappa shape index (κ3) is 5.51. The SMILES string of the molecule is CCOc1ccc(/C=N\NC(=O)Cc2cc(=O)[nH]c(=S)[nH]2)cc1. The average molecular weight is 332 g/mol. The molecule has 0 saturated heterocycles. The number of nitrogens with one attached hydrogen (secondary N) is 3. The second-order valence-corrected chi connectivity index (χ2v) is 4.99. The fourth-order valence-electron chi connectivity index (χ4n) is 1.82. The summed E-state index contributed by atoms with van der Waals surface area (Å²) in [7, 11) is 0. The van der Waals surface area contributed by atoms with Crippen molar-refractivity contribution in [3.05, 3.63) is 56.7 Å². The van der Waals surface area contributed by atoms with Crippen molar-refractivity contribution >= 4 is 24.3 Å². The second-order valence-electron chi connectivity index (χ2n) is 4.58. The highest BCUT2D eigenvalue weighted by Gasteiger charge is 2.03. The summed E-state index contributed by atoms with van der Waals surface area (Å²) in [5.74, 6) is 0.418. The number of rotatable bonds is 6. The van der Waals surface area contributed by atoms with Crippen molar-refractivity contribution in [1.82, 2.24) is 15.4 Å². The largest absolute Gasteiger partial charge is 0.494 e. The van der Waals surface area contributed by atoms with E-state index in [1.165, 1.54) is 12.3 Å². The summed E-state index contributed by atoms with van der Waals surface area (Å²) in [6.45, 7) is 2.52. The maximum absolute atomic E-state index is 11.8. The Labute approximate surface area is 137 Å². The van der Waals surface area contributed by atoms with Gasteiger partial charge in [-0.3, -0.25) is 14.6 Å². The number of hydrazone groups is 1. The molecule has 1 aromatic heterocycles. The molecule has 2 rings (SSSR count). The Morgan fingerprint density at radius 3 is 2.74 bits per heavy atom. The van der Waals surface area contributed by atoms with Crippen LogP contribution in [0.5, 0.6) is 5.75 Å². The smallest absolute Gasteiger partial charge is 0.251 e. The summed E-state index contributed by atoms with van der Waals surface area (Å²) in [4.78, 5) is 28.1. The van der Waals surface area contributed by atoms with Gasteiger partial charge in [-0.25, -0.2) is 5.43 Å². The molecule has 0 spiro atoms. The van der Waals surface area contributed by atoms with Gasteiger partial charge in [-0.15, -0.1) is 0 Å². The number of aromatic amines is 2. The van der Waals surface area contributed by atoms with Crippen molar-refractivity contribution in [3.8, 4) is 5.75 Å². The average Bonchev–Trinajstić information content (AvgIpc) is 2.48. The van der Waals surface area contributed by atoms with Gasteiger partial charge in [0.1, 0.15) is 5.75 Å². The van der Waals surface area contributed by atoms with Crippen molar-refractivity contribution in [1.29, 1.82) is 0 Å². The molecule has 0 bridgehead atoms. The van der Waals surface area contributed by atoms with E-state index in [0.29, 0.717) is 12.3 Å². The van der Waals surface area contributed by atoms with Crippen LogP contribution in [0.15, 0.2) is 40.2 Å². The number of carbonyl (C=O) groups is 1. The summed E-state index contributed by atoms with van der Waals surface area (Å²) in [6, 6.07) is 8.58. The lowest BCUT2D eigenvalue weighted by molar-refractivity contribution is -0.120. The summed E-state index contributed by atoms with van der Waals surface area (Å²) < 4.78 is 5.51. The number of hydrogen-bond donors (Lipinski definition) is 3. The maximum atomic E-state index is 11.8. The number of aromatic nitrogens is 2. The molecule has 0 saturated carbocycles. The van der Waals surface area contributed by atoms with E-state index in [-0.39, 0.29) is 22.7 Å². The summed E-state index contributed by atoms with van der Waals surface area (Å²) in [5, 5.41) is 3.87. The minimum Gasteiger partial charge on any atom is -0.494 e. The molecular formula is C15H16N4O3S. The highest BCUT2D eigenvalue weighted by molar-refractivity contribution is 7.71. The van der Waals surface area contributed by atoms with Gasteiger partial charge < -0.3 is 9.72 Å². The molecule has 2 aromatic rings. The number of hydrogen-bond acceptors (Lipinski definition) is 5. The molecule has 8 heteroatoms. The Kier molecular flexibility index (Phi) is 5.81. The molecule has 0 fully saturated rings. The van der Waals surface area contributed by atoms with E-state index in [0.717, 1.165) is 11.3 Å². The van der Waals surface area contributed by atoms with Crippen LogP contribution >= 0.6 is 12.2 Å². The zero-order valence-electron chi connectivity index (χ0n) is 12.5. The standard InChI is InChI=1S/C15H16N4O3S/c1-2-22-12-5-3-10(4-6-12)9-16-19-14(21)8-11-7-13(20)18-15(23)17-11/h3-7,9H,2,8H2,1H3,(H,19,21)(H2,17,18,20,23)/b16-9-. The number of amides is 1. The topological polar surface area (TPSA) is 99.3 Å². The Hall–Kier alpha value is -2.74. The van der Waals surface area contributed by atoms with E-state index in [1.807, 2.05) is 31.2 Å². The zero-order valence-corrected chi connectivity index (χ0v) is 13.3. The first-order chi connectivity index (χ1) is 11.1. The molecule has 0 aliphatic rings. The van der Waals surface area contributed by atoms with Gasteiger partial charge in [0.15, 0.2) is 4.77 Å². The van der Waals surface area contributed by atoms with E-state index in [1.54, 1.807) is 0 Å². The molecule has 1 heterocycles. The molecule has 120 valence electrons. The molecule has 0 aliphatic heterocycles. The monoisotopic (exact) mass is 332 g/mol. The highest BCUT2D eigenvalue weighted by Crippen LogP contribution is 2.10. The minimum atomic E-state index is -0.358. The number of benzene rings is 1. The summed E-state index contributed by atoms with van der Waals surface area (Å²) >= 11 is 4.84. The van der Waals surface area contributed by atoms with Crippen LogP contribution in [0.3, 0.4) is 0 Å². The van der Waals surface area contributed by atoms with E-state index in [9.17, 15) is 9.59 Å². The first kappa shape index (κ1) is 16.6. The van der Waals surface area contributed by atoms with E-state index in [4.69, 9.17) is 17.0 Å². The van der Waals surface area contributed by atoms with E-state index >= 15 is 0 Å². The first-order valence-electron chi connectivity index (χ1n) is 6.94. The fourth-order valence-corrected chi connectivity index (χ4v) is 2.05. The number of H-pyrrole nitrogens is 2. The fraction of sp³-hybridized carbons (Fsp3) is 0.200. The minimum absolute atomic E-state index is 0.0197. The van der Waals surface area contributed by atoms with Crippen LogP contribution in [-0.4, -0.2) is 28.7 Å². The van der Waals surface area contributed by atoms with Crippen LogP contribution in [0.1, 0.15) is 18.2 Å². The van der Waals surface area contributed by atoms with Gasteiger partial charge in [0.2, 0.25) is 5.91 Å². The highest BCUT2D eigenvalue weighted by atomic mass is 32.1. The van der Waals surface area contributed by atoms with E-state index in [2.05, 4.69) is 20.5 Å². The van der Waals surface area contributed by atoms with Gasteiger partial charge in [0.25, 0.3) is 5.56 Å². The molecule has 3 N–H and O–H groups in total. The Bertz CT molecular complexity index is 780. The predicted octanol–water partition coefficient (Wildman–Crippen LogP) is 1.52. The number of nitrogens with zero attached hydrogens (tertiary/aromatic N) is 1. The molecule has 0 unspecified atom stereocenters. The van der Waals surface area contributed by atoms with Crippen LogP contribution < -0.4 is 15.7 Å². The second kappa shape index (κ2) is 8.04. The molecule has 0 radical (unpaired) electrons. The molecule has 0 atom stereocenters. The van der Waals surface area contributed by atoms with Crippen molar-refractivity contribution in [2.75, 3.05) is 6.61 Å². The van der Waals surface area contributed by atoms with Crippen LogP contribution in [0.25, 0.3) is 0 Å². The van der Waals surface area contributed by atoms with E-state index < -0.39 is 0 Å². The zero-order chi connectivity index (χ0) is 16.7. The van der Waals surface area contributed by atoms with Gasteiger partial charge in [-0.2, -0.15) is 5.10 Å². The predicted molar refractivity (Wildman–Crippen MR) is 89.3 cm³/mol. The van der Waals surface area contributed by atoms with Crippen molar-refractivity contribution in [3.63, 3.8) is 0 Å². The summed E-state index contributed by atoms with van der Waals surface area (Å²) in [6.07, 6.45) is 1.50. The normalized spacial score (nSPS) is 10.7. The van der Waals surface area contributed by atoms with Gasteiger partial charge in [-0.1, -0.05) is 0 Å². The molecule has 1 amide bonds. The lowest BCUT2D eigenvalue weighted by Gasteiger charge is -2.02. The Morgan fingerprint density at radius 1 is 1.35 bits per heavy atom. The van der Waals surface area contributed by atoms with Crippen LogP contribution in [0, 0.1) is 4.77 Å². The van der Waals surface area contributed by atoms with Crippen LogP contribution in [0.4, 0.5) is 0 Å². The maximum Gasteiger partial charge on any atom is 0.251 e. The van der Waals surface area contributed by atoms with Crippen molar-refractivity contribution < 1.29 is 9.53 Å². The van der Waals surface area contributed by atoms with Crippen LogP contribution in [-0.2, 0) is 11.2 Å².